The number of hydrogen-bond acceptors (Lipinski definition) is 3. The summed E-state index contributed by atoms with van der Waals surface area (Å²) in [5.74, 6) is 0. The summed E-state index contributed by atoms with van der Waals surface area (Å²) in [7, 11) is 0. The van der Waals surface area contributed by atoms with Crippen LogP contribution in [-0.4, -0.2) is 36.1 Å². The lowest BCUT2D eigenvalue weighted by Crippen LogP contribution is -2.37. The summed E-state index contributed by atoms with van der Waals surface area (Å²) in [5, 5.41) is 8.55. The van der Waals surface area contributed by atoms with E-state index in [1.807, 2.05) is 0 Å². The first-order valence-electron chi connectivity index (χ1n) is 3.32. The van der Waals surface area contributed by atoms with Crippen molar-refractivity contribution in [3.05, 3.63) is 0 Å². The van der Waals surface area contributed by atoms with Crippen LogP contribution in [0.1, 0.15) is 6.92 Å². The van der Waals surface area contributed by atoms with E-state index in [9.17, 15) is 4.39 Å². The van der Waals surface area contributed by atoms with Crippen molar-refractivity contribution in [2.24, 2.45) is 5.73 Å². The molecule has 1 aliphatic heterocycles. The first-order chi connectivity index (χ1) is 4.66. The number of alkyl halides is 1. The highest BCUT2D eigenvalue weighted by Crippen LogP contribution is 2.21. The molecule has 0 amide bonds. The normalized spacial score (nSPS) is 48.0. The van der Waals surface area contributed by atoms with Crippen molar-refractivity contribution >= 4 is 0 Å². The van der Waals surface area contributed by atoms with Crippen molar-refractivity contribution in [3.63, 3.8) is 0 Å². The van der Waals surface area contributed by atoms with Crippen LogP contribution in [0.3, 0.4) is 0 Å². The number of aliphatic hydroxyl groups excluding tert-OH is 1. The molecule has 0 aromatic carbocycles. The third-order valence-corrected chi connectivity index (χ3v) is 1.83. The van der Waals surface area contributed by atoms with Crippen molar-refractivity contribution in [2.75, 3.05) is 6.61 Å². The Morgan fingerprint density at radius 2 is 2.30 bits per heavy atom. The average Bonchev–Trinajstić information content (AvgIpc) is 2.17. The largest absolute Gasteiger partial charge is 0.394 e. The highest BCUT2D eigenvalue weighted by Gasteiger charge is 2.39. The summed E-state index contributed by atoms with van der Waals surface area (Å²) in [6.45, 7) is 1.41. The molecule has 0 spiro atoms. The fourth-order valence-corrected chi connectivity index (χ4v) is 1.09. The molecule has 1 heterocycles. The van der Waals surface area contributed by atoms with Gasteiger partial charge in [-0.3, -0.25) is 0 Å². The third-order valence-electron chi connectivity index (χ3n) is 1.83. The van der Waals surface area contributed by atoms with Gasteiger partial charge in [0.1, 0.15) is 12.3 Å². The second-order valence-electron chi connectivity index (χ2n) is 2.58. The van der Waals surface area contributed by atoms with Gasteiger partial charge in [0.05, 0.1) is 18.8 Å². The monoisotopic (exact) mass is 149 g/mol. The van der Waals surface area contributed by atoms with E-state index in [0.29, 0.717) is 0 Å². The molecule has 0 aliphatic carbocycles. The van der Waals surface area contributed by atoms with Crippen LogP contribution in [0, 0.1) is 0 Å². The lowest BCUT2D eigenvalue weighted by atomic mass is 10.1. The number of nitrogens with two attached hydrogens (primary N) is 1. The van der Waals surface area contributed by atoms with E-state index in [-0.39, 0.29) is 12.7 Å². The number of hydrogen-bond donors (Lipinski definition) is 2. The van der Waals surface area contributed by atoms with E-state index in [4.69, 9.17) is 15.6 Å². The zero-order valence-electron chi connectivity index (χ0n) is 5.83. The molecular formula is C6H12FNO2. The Balaban J connectivity index is 2.53. The van der Waals surface area contributed by atoms with Crippen LogP contribution in [0.4, 0.5) is 4.39 Å². The molecule has 0 radical (unpaired) electrons. The molecular weight excluding hydrogens is 137 g/mol. The van der Waals surface area contributed by atoms with E-state index in [1.54, 1.807) is 6.92 Å². The summed E-state index contributed by atoms with van der Waals surface area (Å²) < 4.78 is 17.8. The standard InChI is InChI=1S/C6H12FNO2/c1-3-6(8)5(7)4(2-9)10-3/h3-6,9H,2,8H2,1H3/t3?,4-,5?,6?/m1/s1. The highest BCUT2D eigenvalue weighted by atomic mass is 19.1. The average molecular weight is 149 g/mol. The summed E-state index contributed by atoms with van der Waals surface area (Å²) in [6, 6.07) is -0.586. The maximum absolute atomic E-state index is 12.8. The first kappa shape index (κ1) is 7.91. The Hall–Kier alpha value is -0.190. The fourth-order valence-electron chi connectivity index (χ4n) is 1.09. The molecule has 10 heavy (non-hydrogen) atoms. The molecule has 0 aromatic heterocycles. The zero-order valence-corrected chi connectivity index (χ0v) is 5.83. The van der Waals surface area contributed by atoms with Crippen molar-refractivity contribution in [2.45, 2.75) is 31.3 Å². The summed E-state index contributed by atoms with van der Waals surface area (Å²) in [6.07, 6.45) is -2.22. The van der Waals surface area contributed by atoms with E-state index in [2.05, 4.69) is 0 Å². The molecule has 3 unspecified atom stereocenters. The minimum Gasteiger partial charge on any atom is -0.394 e. The number of ether oxygens (including phenoxy) is 1. The smallest absolute Gasteiger partial charge is 0.146 e. The van der Waals surface area contributed by atoms with Gasteiger partial charge in [0.15, 0.2) is 0 Å². The summed E-state index contributed by atoms with van der Waals surface area (Å²) >= 11 is 0. The predicted octanol–water partition coefficient (Wildman–Crippen LogP) is -0.569. The van der Waals surface area contributed by atoms with E-state index >= 15 is 0 Å². The lowest BCUT2D eigenvalue weighted by Gasteiger charge is -2.08. The van der Waals surface area contributed by atoms with Gasteiger partial charge in [-0.1, -0.05) is 0 Å². The van der Waals surface area contributed by atoms with Crippen LogP contribution >= 0.6 is 0 Å². The molecule has 0 aromatic rings. The van der Waals surface area contributed by atoms with Gasteiger partial charge in [-0.15, -0.1) is 0 Å². The van der Waals surface area contributed by atoms with Gasteiger partial charge >= 0.3 is 0 Å². The molecule has 1 rings (SSSR count). The maximum Gasteiger partial charge on any atom is 0.146 e. The molecule has 4 atom stereocenters. The van der Waals surface area contributed by atoms with Crippen molar-refractivity contribution in [3.8, 4) is 0 Å². The molecule has 3 N–H and O–H groups in total. The lowest BCUT2D eigenvalue weighted by molar-refractivity contribution is 0.000571. The quantitative estimate of drug-likeness (QED) is 0.525. The predicted molar refractivity (Wildman–Crippen MR) is 34.3 cm³/mol. The minimum absolute atomic E-state index is 0.285. The molecule has 60 valence electrons. The number of aliphatic hydroxyl groups is 1. The van der Waals surface area contributed by atoms with Gasteiger partial charge in [-0.2, -0.15) is 0 Å². The Bertz CT molecular complexity index is 122. The van der Waals surface area contributed by atoms with Crippen molar-refractivity contribution < 1.29 is 14.2 Å². The molecule has 4 heteroatoms. The zero-order chi connectivity index (χ0) is 7.72. The minimum atomic E-state index is -1.22. The Morgan fingerprint density at radius 1 is 1.70 bits per heavy atom. The van der Waals surface area contributed by atoms with E-state index in [1.165, 1.54) is 0 Å². The molecule has 1 fully saturated rings. The maximum atomic E-state index is 12.8. The summed E-state index contributed by atoms with van der Waals surface area (Å²) in [4.78, 5) is 0. The van der Waals surface area contributed by atoms with Crippen LogP contribution in [0.5, 0.6) is 0 Å². The first-order valence-corrected chi connectivity index (χ1v) is 3.32. The number of halogens is 1. The van der Waals surface area contributed by atoms with Crippen LogP contribution in [0.2, 0.25) is 0 Å². The van der Waals surface area contributed by atoms with Crippen LogP contribution in [-0.2, 0) is 4.74 Å². The highest BCUT2D eigenvalue weighted by molar-refractivity contribution is 4.91. The molecule has 3 nitrogen and oxygen atoms in total. The Labute approximate surface area is 59.0 Å². The molecule has 1 aliphatic rings. The fraction of sp³-hybridized carbons (Fsp3) is 1.00. The van der Waals surface area contributed by atoms with Crippen LogP contribution in [0.15, 0.2) is 0 Å². The SMILES string of the molecule is CC1O[C@H](CO)C(F)C1N. The summed E-state index contributed by atoms with van der Waals surface area (Å²) in [5.41, 5.74) is 5.38. The van der Waals surface area contributed by atoms with Crippen molar-refractivity contribution in [1.82, 2.24) is 0 Å². The third kappa shape index (κ3) is 1.14. The van der Waals surface area contributed by atoms with Gasteiger partial charge in [-0.25, -0.2) is 4.39 Å². The Morgan fingerprint density at radius 3 is 2.50 bits per heavy atom. The van der Waals surface area contributed by atoms with Gasteiger partial charge in [0, 0.05) is 0 Å². The topological polar surface area (TPSA) is 55.5 Å². The van der Waals surface area contributed by atoms with Gasteiger partial charge in [0.2, 0.25) is 0 Å². The van der Waals surface area contributed by atoms with Gasteiger partial charge in [0.25, 0.3) is 0 Å². The molecule has 1 saturated heterocycles. The second kappa shape index (κ2) is 2.82. The van der Waals surface area contributed by atoms with Gasteiger partial charge in [-0.05, 0) is 6.92 Å². The van der Waals surface area contributed by atoms with E-state index in [0.717, 1.165) is 0 Å². The van der Waals surface area contributed by atoms with Crippen LogP contribution in [0.25, 0.3) is 0 Å². The number of rotatable bonds is 1. The Kier molecular flexibility index (Phi) is 2.23. The van der Waals surface area contributed by atoms with Crippen LogP contribution < -0.4 is 5.73 Å². The van der Waals surface area contributed by atoms with E-state index < -0.39 is 18.3 Å². The second-order valence-corrected chi connectivity index (χ2v) is 2.58. The molecule has 0 saturated carbocycles. The molecule has 0 bridgehead atoms. The van der Waals surface area contributed by atoms with Crippen molar-refractivity contribution in [1.29, 1.82) is 0 Å². The van der Waals surface area contributed by atoms with Gasteiger partial charge < -0.3 is 15.6 Å².